The fraction of sp³-hybridized carbons (Fsp3) is 0.692. The van der Waals surface area contributed by atoms with E-state index >= 15 is 0 Å². The van der Waals surface area contributed by atoms with Gasteiger partial charge in [0.2, 0.25) is 0 Å². The molecule has 0 spiro atoms. The van der Waals surface area contributed by atoms with Crippen LogP contribution in [0.3, 0.4) is 0 Å². The van der Waals surface area contributed by atoms with Crippen molar-refractivity contribution in [1.29, 1.82) is 0 Å². The monoisotopic (exact) mass is 291 g/mol. The maximum Gasteiger partial charge on any atom is 0.473 e. The van der Waals surface area contributed by atoms with E-state index in [1.807, 2.05) is 27.7 Å². The normalized spacial score (nSPS) is 13.9. The van der Waals surface area contributed by atoms with E-state index in [9.17, 15) is 18.0 Å². The summed E-state index contributed by atoms with van der Waals surface area (Å²) in [6.45, 7) is 8.26. The van der Waals surface area contributed by atoms with Gasteiger partial charge in [-0.1, -0.05) is 27.7 Å². The second kappa shape index (κ2) is 5.46. The van der Waals surface area contributed by atoms with Crippen molar-refractivity contribution in [2.75, 3.05) is 0 Å². The number of nitrogens with zero attached hydrogens (tertiary/aromatic N) is 3. The van der Waals surface area contributed by atoms with Crippen LogP contribution in [0.5, 0.6) is 0 Å². The van der Waals surface area contributed by atoms with Gasteiger partial charge in [-0.25, -0.2) is 0 Å². The van der Waals surface area contributed by atoms with E-state index in [2.05, 4.69) is 4.99 Å². The maximum absolute atomic E-state index is 12.3. The van der Waals surface area contributed by atoms with Crippen LogP contribution in [-0.2, 0) is 23.8 Å². The highest BCUT2D eigenvalue weighted by molar-refractivity contribution is 5.82. The number of aromatic nitrogens is 2. The molecule has 0 atom stereocenters. The summed E-state index contributed by atoms with van der Waals surface area (Å²) in [6, 6.07) is 1.54. The fourth-order valence-electron chi connectivity index (χ4n) is 2.01. The minimum absolute atomic E-state index is 0.0431. The van der Waals surface area contributed by atoms with E-state index in [0.717, 1.165) is 12.1 Å². The molecule has 0 bridgehead atoms. The Morgan fingerprint density at radius 2 is 1.85 bits per heavy atom. The van der Waals surface area contributed by atoms with Gasteiger partial charge in [0, 0.05) is 30.8 Å². The summed E-state index contributed by atoms with van der Waals surface area (Å²) >= 11 is 0. The lowest BCUT2D eigenvalue weighted by Gasteiger charge is -2.20. The van der Waals surface area contributed by atoms with Crippen LogP contribution in [-0.4, -0.2) is 21.4 Å². The van der Waals surface area contributed by atoms with Gasteiger partial charge in [0.05, 0.1) is 0 Å². The molecule has 1 amide bonds. The van der Waals surface area contributed by atoms with Crippen LogP contribution < -0.4 is 5.49 Å². The fourth-order valence-corrected chi connectivity index (χ4v) is 2.01. The highest BCUT2D eigenvalue weighted by Gasteiger charge is 2.38. The van der Waals surface area contributed by atoms with Crippen molar-refractivity contribution in [3.8, 4) is 0 Å². The van der Waals surface area contributed by atoms with Crippen LogP contribution >= 0.6 is 0 Å². The summed E-state index contributed by atoms with van der Waals surface area (Å²) in [5.41, 5.74) is 0.612. The molecule has 0 aliphatic carbocycles. The van der Waals surface area contributed by atoms with E-state index in [1.165, 1.54) is 0 Å². The van der Waals surface area contributed by atoms with Gasteiger partial charge in [0.15, 0.2) is 5.49 Å². The topological polar surface area (TPSA) is 39.3 Å². The zero-order chi connectivity index (χ0) is 15.7. The average Bonchev–Trinajstić information content (AvgIpc) is 2.56. The lowest BCUT2D eigenvalue weighted by molar-refractivity contribution is -0.169. The molecular formula is C13H20F3N3O. The average molecular weight is 291 g/mol. The van der Waals surface area contributed by atoms with E-state index in [1.54, 1.807) is 22.5 Å². The molecule has 0 saturated carbocycles. The van der Waals surface area contributed by atoms with Gasteiger partial charge in [0.1, 0.15) is 0 Å². The molecule has 0 aromatic carbocycles. The first-order chi connectivity index (χ1) is 8.98. The number of hydrogen-bond acceptors (Lipinski definition) is 1. The molecule has 0 unspecified atom stereocenters. The minimum atomic E-state index is -4.94. The van der Waals surface area contributed by atoms with Gasteiger partial charge in [-0.15, -0.1) is 0 Å². The third-order valence-electron chi connectivity index (χ3n) is 2.90. The van der Waals surface area contributed by atoms with Crippen LogP contribution in [0.1, 0.15) is 39.8 Å². The zero-order valence-corrected chi connectivity index (χ0v) is 12.4. The van der Waals surface area contributed by atoms with Gasteiger partial charge < -0.3 is 0 Å². The van der Waals surface area contributed by atoms with Crippen LogP contribution in [0.25, 0.3) is 0 Å². The van der Waals surface area contributed by atoms with Crippen LogP contribution in [0.15, 0.2) is 11.1 Å². The van der Waals surface area contributed by atoms with E-state index in [4.69, 9.17) is 0 Å². The van der Waals surface area contributed by atoms with Gasteiger partial charge in [-0.05, 0) is 6.42 Å². The van der Waals surface area contributed by atoms with Crippen molar-refractivity contribution < 1.29 is 18.0 Å². The quantitative estimate of drug-likeness (QED) is 0.825. The van der Waals surface area contributed by atoms with Gasteiger partial charge in [-0.2, -0.15) is 18.2 Å². The first-order valence-corrected chi connectivity index (χ1v) is 6.41. The molecule has 0 fully saturated rings. The highest BCUT2D eigenvalue weighted by atomic mass is 19.4. The third kappa shape index (κ3) is 3.52. The second-order valence-corrected chi connectivity index (χ2v) is 5.70. The Bertz CT molecular complexity index is 559. The second-order valence-electron chi connectivity index (χ2n) is 5.70. The van der Waals surface area contributed by atoms with Crippen molar-refractivity contribution >= 4 is 5.91 Å². The standard InChI is InChI=1S/C13H20F3N3O/c1-6-7-19-10(17-11(20)13(14,15)16)8-9(18(19)5)12(2,3)4/h8H,6-7H2,1-5H3/b17-10+. The highest BCUT2D eigenvalue weighted by Crippen LogP contribution is 2.21. The lowest BCUT2D eigenvalue weighted by Crippen LogP contribution is -2.28. The smallest absolute Gasteiger partial charge is 0.291 e. The first kappa shape index (κ1) is 16.5. The van der Waals surface area contributed by atoms with E-state index in [0.29, 0.717) is 6.54 Å². The van der Waals surface area contributed by atoms with Crippen LogP contribution in [0.2, 0.25) is 0 Å². The van der Waals surface area contributed by atoms with Crippen molar-refractivity contribution in [3.05, 3.63) is 17.2 Å². The summed E-state index contributed by atoms with van der Waals surface area (Å²) in [5.74, 6) is -2.08. The number of halogens is 3. The van der Waals surface area contributed by atoms with Crippen molar-refractivity contribution in [3.63, 3.8) is 0 Å². The molecule has 0 aliphatic rings. The summed E-state index contributed by atoms with van der Waals surface area (Å²) in [6.07, 6.45) is -4.21. The number of alkyl halides is 3. The predicted molar refractivity (Wildman–Crippen MR) is 69.0 cm³/mol. The Hall–Kier alpha value is -1.53. The largest absolute Gasteiger partial charge is 0.473 e. The van der Waals surface area contributed by atoms with Crippen LogP contribution in [0.4, 0.5) is 13.2 Å². The molecule has 20 heavy (non-hydrogen) atoms. The number of amides is 1. The molecule has 1 heterocycles. The number of carbonyl (C=O) groups is 1. The number of rotatable bonds is 2. The Morgan fingerprint density at radius 1 is 1.30 bits per heavy atom. The third-order valence-corrected chi connectivity index (χ3v) is 2.90. The summed E-state index contributed by atoms with van der Waals surface area (Å²) in [7, 11) is 1.76. The molecule has 0 radical (unpaired) electrons. The summed E-state index contributed by atoms with van der Waals surface area (Å²) in [4.78, 5) is 14.3. The molecule has 1 aromatic rings. The molecule has 1 aromatic heterocycles. The molecule has 0 aliphatic heterocycles. The van der Waals surface area contributed by atoms with Crippen LogP contribution in [0, 0.1) is 0 Å². The zero-order valence-electron chi connectivity index (χ0n) is 12.4. The molecule has 4 nitrogen and oxygen atoms in total. The Kier molecular flexibility index (Phi) is 4.51. The van der Waals surface area contributed by atoms with Gasteiger partial charge in [-0.3, -0.25) is 14.2 Å². The number of hydrogen-bond donors (Lipinski definition) is 0. The first-order valence-electron chi connectivity index (χ1n) is 6.41. The minimum Gasteiger partial charge on any atom is -0.291 e. The number of carbonyl (C=O) groups excluding carboxylic acids is 1. The Labute approximate surface area is 115 Å². The molecule has 0 N–H and O–H groups in total. The Morgan fingerprint density at radius 3 is 2.25 bits per heavy atom. The Balaban J connectivity index is 3.47. The molecular weight excluding hydrogens is 271 g/mol. The summed E-state index contributed by atoms with van der Waals surface area (Å²) in [5, 5.41) is 0. The van der Waals surface area contributed by atoms with Gasteiger partial charge >= 0.3 is 12.1 Å². The summed E-state index contributed by atoms with van der Waals surface area (Å²) < 4.78 is 40.3. The molecule has 114 valence electrons. The van der Waals surface area contributed by atoms with E-state index < -0.39 is 12.1 Å². The maximum atomic E-state index is 12.3. The molecule has 0 saturated heterocycles. The van der Waals surface area contributed by atoms with Gasteiger partial charge in [0.25, 0.3) is 0 Å². The van der Waals surface area contributed by atoms with Crippen molar-refractivity contribution in [2.45, 2.75) is 52.3 Å². The van der Waals surface area contributed by atoms with Crippen molar-refractivity contribution in [1.82, 2.24) is 9.36 Å². The SMILES string of the molecule is CCCn1/c(=N/C(=O)C(F)(F)F)cc(C(C)(C)C)n1C. The predicted octanol–water partition coefficient (Wildman–Crippen LogP) is 2.52. The lowest BCUT2D eigenvalue weighted by atomic mass is 9.92. The molecule has 7 heteroatoms. The molecule has 1 rings (SSSR count). The van der Waals surface area contributed by atoms with Crippen molar-refractivity contribution in [2.24, 2.45) is 12.0 Å². The van der Waals surface area contributed by atoms with E-state index in [-0.39, 0.29) is 10.9 Å².